The number of benzene rings is 2. The van der Waals surface area contributed by atoms with Crippen LogP contribution in [-0.4, -0.2) is 42.0 Å². The number of rotatable bonds is 8. The monoisotopic (exact) mass is 435 g/mol. The van der Waals surface area contributed by atoms with Crippen LogP contribution in [0.1, 0.15) is 19.4 Å². The van der Waals surface area contributed by atoms with Crippen LogP contribution in [0.25, 0.3) is 10.2 Å². The summed E-state index contributed by atoms with van der Waals surface area (Å²) in [6, 6.07) is 13.1. The van der Waals surface area contributed by atoms with E-state index in [1.165, 1.54) is 11.3 Å². The van der Waals surface area contributed by atoms with Gasteiger partial charge in [0.15, 0.2) is 5.13 Å². The summed E-state index contributed by atoms with van der Waals surface area (Å²) in [5.41, 5.74) is 1.67. The van der Waals surface area contributed by atoms with Gasteiger partial charge in [0.05, 0.1) is 16.6 Å². The fourth-order valence-corrected chi connectivity index (χ4v) is 4.50. The Kier molecular flexibility index (Phi) is 7.30. The molecule has 2 aromatic carbocycles. The molecule has 0 spiro atoms. The summed E-state index contributed by atoms with van der Waals surface area (Å²) in [5.74, 6) is -0.00888. The van der Waals surface area contributed by atoms with Crippen molar-refractivity contribution in [3.63, 3.8) is 0 Å². The third-order valence-electron chi connectivity index (χ3n) is 4.70. The minimum atomic E-state index is -0.00888. The molecule has 1 aromatic heterocycles. The Bertz CT molecular complexity index is 956. The van der Waals surface area contributed by atoms with Crippen LogP contribution >= 0.6 is 34.5 Å². The van der Waals surface area contributed by atoms with Crippen molar-refractivity contribution in [1.29, 1.82) is 0 Å². The van der Waals surface area contributed by atoms with Gasteiger partial charge in [-0.2, -0.15) is 0 Å². The molecule has 0 saturated carbocycles. The van der Waals surface area contributed by atoms with Gasteiger partial charge in [0.2, 0.25) is 5.91 Å². The van der Waals surface area contributed by atoms with Crippen LogP contribution in [-0.2, 0) is 11.2 Å². The van der Waals surface area contributed by atoms with Gasteiger partial charge in [-0.25, -0.2) is 4.98 Å². The van der Waals surface area contributed by atoms with Crippen molar-refractivity contribution in [3.8, 4) is 0 Å². The zero-order valence-electron chi connectivity index (χ0n) is 16.0. The number of amides is 1. The van der Waals surface area contributed by atoms with Gasteiger partial charge in [0, 0.05) is 23.1 Å². The van der Waals surface area contributed by atoms with Crippen molar-refractivity contribution in [1.82, 2.24) is 9.88 Å². The first-order valence-electron chi connectivity index (χ1n) is 9.34. The Labute approximate surface area is 179 Å². The number of fused-ring (bicyclic) bond motifs is 1. The molecule has 0 radical (unpaired) electrons. The number of carbonyl (C=O) groups is 1. The van der Waals surface area contributed by atoms with E-state index in [1.807, 2.05) is 42.5 Å². The number of anilines is 1. The van der Waals surface area contributed by atoms with Gasteiger partial charge in [-0.05, 0) is 42.9 Å². The number of carbonyl (C=O) groups excluding carboxylic acids is 1. The summed E-state index contributed by atoms with van der Waals surface area (Å²) in [7, 11) is 0. The predicted molar refractivity (Wildman–Crippen MR) is 120 cm³/mol. The molecule has 0 aliphatic rings. The average Bonchev–Trinajstić information content (AvgIpc) is 3.09. The molecule has 0 N–H and O–H groups in total. The Morgan fingerprint density at radius 2 is 1.82 bits per heavy atom. The van der Waals surface area contributed by atoms with E-state index in [2.05, 4.69) is 23.7 Å². The Morgan fingerprint density at radius 1 is 1.07 bits per heavy atom. The molecule has 1 heterocycles. The van der Waals surface area contributed by atoms with E-state index in [9.17, 15) is 4.79 Å². The van der Waals surface area contributed by atoms with Crippen LogP contribution in [0.5, 0.6) is 0 Å². The second kappa shape index (κ2) is 9.70. The van der Waals surface area contributed by atoms with E-state index in [0.717, 1.165) is 35.4 Å². The maximum atomic E-state index is 13.2. The number of aromatic nitrogens is 1. The quantitative estimate of drug-likeness (QED) is 0.467. The molecule has 148 valence electrons. The highest BCUT2D eigenvalue weighted by Crippen LogP contribution is 2.31. The topological polar surface area (TPSA) is 36.4 Å². The zero-order valence-corrected chi connectivity index (χ0v) is 18.3. The summed E-state index contributed by atoms with van der Waals surface area (Å²) in [6.45, 7) is 7.51. The van der Waals surface area contributed by atoms with Crippen molar-refractivity contribution in [2.24, 2.45) is 0 Å². The van der Waals surface area contributed by atoms with Crippen molar-refractivity contribution < 1.29 is 4.79 Å². The van der Waals surface area contributed by atoms with Crippen molar-refractivity contribution in [3.05, 3.63) is 58.1 Å². The first-order chi connectivity index (χ1) is 13.5. The SMILES string of the molecule is CCN(CC)CCN(C(=O)Cc1ccccc1Cl)c1nc2ccc(Cl)cc2s1. The van der Waals surface area contributed by atoms with E-state index in [4.69, 9.17) is 23.2 Å². The van der Waals surface area contributed by atoms with E-state index in [0.29, 0.717) is 21.7 Å². The smallest absolute Gasteiger partial charge is 0.233 e. The maximum Gasteiger partial charge on any atom is 0.233 e. The molecule has 7 heteroatoms. The first kappa shape index (κ1) is 21.1. The Morgan fingerprint density at radius 3 is 2.54 bits per heavy atom. The van der Waals surface area contributed by atoms with Gasteiger partial charge < -0.3 is 4.90 Å². The zero-order chi connectivity index (χ0) is 20.1. The summed E-state index contributed by atoms with van der Waals surface area (Å²) >= 11 is 13.9. The van der Waals surface area contributed by atoms with Crippen LogP contribution in [0.3, 0.4) is 0 Å². The molecule has 0 bridgehead atoms. The number of hydrogen-bond donors (Lipinski definition) is 0. The number of likely N-dealkylation sites (N-methyl/N-ethyl adjacent to an activating group) is 1. The van der Waals surface area contributed by atoms with E-state index >= 15 is 0 Å². The van der Waals surface area contributed by atoms with Crippen LogP contribution < -0.4 is 4.90 Å². The highest BCUT2D eigenvalue weighted by atomic mass is 35.5. The lowest BCUT2D eigenvalue weighted by Gasteiger charge is -2.25. The molecule has 3 rings (SSSR count). The Balaban J connectivity index is 1.88. The normalized spacial score (nSPS) is 11.3. The molecule has 0 unspecified atom stereocenters. The lowest BCUT2D eigenvalue weighted by molar-refractivity contribution is -0.118. The summed E-state index contributed by atoms with van der Waals surface area (Å²) in [4.78, 5) is 21.9. The van der Waals surface area contributed by atoms with Crippen LogP contribution in [0.2, 0.25) is 10.0 Å². The lowest BCUT2D eigenvalue weighted by Crippen LogP contribution is -2.39. The molecule has 0 aliphatic heterocycles. The van der Waals surface area contributed by atoms with Crippen molar-refractivity contribution in [2.45, 2.75) is 20.3 Å². The van der Waals surface area contributed by atoms with Crippen LogP contribution in [0.15, 0.2) is 42.5 Å². The molecule has 0 atom stereocenters. The predicted octanol–water partition coefficient (Wildman–Crippen LogP) is 5.52. The summed E-state index contributed by atoms with van der Waals surface area (Å²) < 4.78 is 0.973. The van der Waals surface area contributed by atoms with E-state index < -0.39 is 0 Å². The minimum absolute atomic E-state index is 0.00888. The highest BCUT2D eigenvalue weighted by Gasteiger charge is 2.21. The van der Waals surface area contributed by atoms with E-state index in [1.54, 1.807) is 4.90 Å². The third-order valence-corrected chi connectivity index (χ3v) is 6.35. The molecule has 0 fully saturated rings. The van der Waals surface area contributed by atoms with Gasteiger partial charge in [-0.1, -0.05) is 66.6 Å². The van der Waals surface area contributed by atoms with Crippen molar-refractivity contribution >= 4 is 55.8 Å². The molecular formula is C21H23Cl2N3OS. The Hall–Kier alpha value is -1.66. The first-order valence-corrected chi connectivity index (χ1v) is 10.9. The summed E-state index contributed by atoms with van der Waals surface area (Å²) in [6.07, 6.45) is 0.245. The highest BCUT2D eigenvalue weighted by molar-refractivity contribution is 7.22. The number of hydrogen-bond acceptors (Lipinski definition) is 4. The van der Waals surface area contributed by atoms with Crippen molar-refractivity contribution in [2.75, 3.05) is 31.1 Å². The third kappa shape index (κ3) is 5.03. The molecule has 4 nitrogen and oxygen atoms in total. The fraction of sp³-hybridized carbons (Fsp3) is 0.333. The minimum Gasteiger partial charge on any atom is -0.302 e. The second-order valence-electron chi connectivity index (χ2n) is 6.45. The second-order valence-corrected chi connectivity index (χ2v) is 8.30. The molecular weight excluding hydrogens is 413 g/mol. The standard InChI is InChI=1S/C21H23Cl2N3OS/c1-3-25(4-2)11-12-26(20(27)13-15-7-5-6-8-17(15)23)21-24-18-10-9-16(22)14-19(18)28-21/h5-10,14H,3-4,11-13H2,1-2H3. The van der Waals surface area contributed by atoms with E-state index in [-0.39, 0.29) is 12.3 Å². The number of nitrogens with zero attached hydrogens (tertiary/aromatic N) is 3. The number of thiazole rings is 1. The molecule has 0 saturated heterocycles. The average molecular weight is 436 g/mol. The van der Waals surface area contributed by atoms with Gasteiger partial charge in [0.1, 0.15) is 0 Å². The summed E-state index contributed by atoms with van der Waals surface area (Å²) in [5, 5.41) is 1.97. The largest absolute Gasteiger partial charge is 0.302 e. The number of halogens is 2. The lowest BCUT2D eigenvalue weighted by atomic mass is 10.1. The van der Waals surface area contributed by atoms with Gasteiger partial charge in [-0.15, -0.1) is 0 Å². The molecule has 1 amide bonds. The van der Waals surface area contributed by atoms with Gasteiger partial charge in [-0.3, -0.25) is 9.69 Å². The maximum absolute atomic E-state index is 13.2. The molecule has 0 aliphatic carbocycles. The molecule has 3 aromatic rings. The van der Waals surface area contributed by atoms with Gasteiger partial charge in [0.25, 0.3) is 0 Å². The molecule has 28 heavy (non-hydrogen) atoms. The fourth-order valence-electron chi connectivity index (χ4n) is 3.01. The van der Waals surface area contributed by atoms with Gasteiger partial charge >= 0.3 is 0 Å². The van der Waals surface area contributed by atoms with Crippen LogP contribution in [0.4, 0.5) is 5.13 Å². The van der Waals surface area contributed by atoms with Crippen LogP contribution in [0, 0.1) is 0 Å².